The van der Waals surface area contributed by atoms with Crippen LogP contribution < -0.4 is 9.47 Å². The predicted molar refractivity (Wildman–Crippen MR) is 107 cm³/mol. The number of hydrogen-bond donors (Lipinski definition) is 0. The van der Waals surface area contributed by atoms with Crippen LogP contribution >= 0.6 is 0 Å². The van der Waals surface area contributed by atoms with Gasteiger partial charge in [0.25, 0.3) is 0 Å². The van der Waals surface area contributed by atoms with Gasteiger partial charge in [-0.05, 0) is 30.7 Å². The molecule has 0 radical (unpaired) electrons. The van der Waals surface area contributed by atoms with Crippen molar-refractivity contribution in [3.05, 3.63) is 59.5 Å². The van der Waals surface area contributed by atoms with Crippen LogP contribution in [0.5, 0.6) is 11.5 Å². The number of aryl methyl sites for hydroxylation is 1. The van der Waals surface area contributed by atoms with Crippen LogP contribution in [-0.2, 0) is 11.3 Å². The Hall–Kier alpha value is -3.35. The third-order valence-electron chi connectivity index (χ3n) is 5.10. The van der Waals surface area contributed by atoms with Gasteiger partial charge in [0.15, 0.2) is 11.5 Å². The molecule has 150 valence electrons. The van der Waals surface area contributed by atoms with Gasteiger partial charge in [0.05, 0.1) is 20.1 Å². The molecule has 0 aliphatic carbocycles. The Morgan fingerprint density at radius 1 is 1.14 bits per heavy atom. The average Bonchev–Trinajstić information content (AvgIpc) is 3.35. The monoisotopic (exact) mass is 393 g/mol. The van der Waals surface area contributed by atoms with Crippen molar-refractivity contribution in [3.63, 3.8) is 0 Å². The predicted octanol–water partition coefficient (Wildman–Crippen LogP) is 3.58. The molecule has 0 N–H and O–H groups in total. The number of benzene rings is 2. The van der Waals surface area contributed by atoms with Gasteiger partial charge in [-0.15, -0.1) is 0 Å². The molecule has 1 aliphatic rings. The van der Waals surface area contributed by atoms with E-state index < -0.39 is 0 Å². The molecule has 1 aromatic heterocycles. The highest BCUT2D eigenvalue weighted by molar-refractivity contribution is 5.79. The second-order valence-corrected chi connectivity index (χ2v) is 7.19. The summed E-state index contributed by atoms with van der Waals surface area (Å²) in [7, 11) is 3.17. The molecule has 0 spiro atoms. The highest BCUT2D eigenvalue weighted by atomic mass is 16.5. The molecule has 7 nitrogen and oxygen atoms in total. The molecular weight excluding hydrogens is 370 g/mol. The zero-order valence-corrected chi connectivity index (χ0v) is 16.7. The summed E-state index contributed by atoms with van der Waals surface area (Å²) in [5.41, 5.74) is 3.07. The number of amides is 1. The molecule has 1 aliphatic heterocycles. The van der Waals surface area contributed by atoms with Gasteiger partial charge >= 0.3 is 0 Å². The van der Waals surface area contributed by atoms with Crippen LogP contribution in [-0.4, -0.2) is 41.7 Å². The Morgan fingerprint density at radius 2 is 1.97 bits per heavy atom. The van der Waals surface area contributed by atoms with E-state index in [1.807, 2.05) is 36.1 Å². The fourth-order valence-electron chi connectivity index (χ4n) is 3.61. The third kappa shape index (κ3) is 3.94. The Labute approximate surface area is 169 Å². The molecule has 1 saturated heterocycles. The summed E-state index contributed by atoms with van der Waals surface area (Å²) in [6, 6.07) is 13.6. The smallest absolute Gasteiger partial charge is 0.232 e. The Morgan fingerprint density at radius 3 is 2.72 bits per heavy atom. The Balaban J connectivity index is 1.49. The first-order valence-electron chi connectivity index (χ1n) is 9.46. The minimum Gasteiger partial charge on any atom is -0.493 e. The first-order valence-corrected chi connectivity index (χ1v) is 9.46. The SMILES string of the molecule is COc1ccc(-c2noc(C3CC(=O)N(Cc4cccc(C)c4)C3)n2)cc1OC. The minimum absolute atomic E-state index is 0.0994. The van der Waals surface area contributed by atoms with Gasteiger partial charge in [-0.1, -0.05) is 35.0 Å². The molecule has 1 atom stereocenters. The number of ether oxygens (including phenoxy) is 2. The van der Waals surface area contributed by atoms with Gasteiger partial charge < -0.3 is 18.9 Å². The summed E-state index contributed by atoms with van der Waals surface area (Å²) < 4.78 is 16.1. The molecule has 0 bridgehead atoms. The maximum Gasteiger partial charge on any atom is 0.232 e. The molecule has 7 heteroatoms. The summed E-state index contributed by atoms with van der Waals surface area (Å²) in [5, 5.41) is 4.10. The molecule has 3 aromatic rings. The van der Waals surface area contributed by atoms with Crippen molar-refractivity contribution in [1.29, 1.82) is 0 Å². The van der Waals surface area contributed by atoms with Crippen LogP contribution in [0.15, 0.2) is 47.0 Å². The first kappa shape index (κ1) is 19.0. The zero-order chi connectivity index (χ0) is 20.4. The zero-order valence-electron chi connectivity index (χ0n) is 16.7. The number of carbonyl (C=O) groups excluding carboxylic acids is 1. The molecule has 0 saturated carbocycles. The van der Waals surface area contributed by atoms with Crippen LogP contribution in [0.1, 0.15) is 29.4 Å². The van der Waals surface area contributed by atoms with Crippen LogP contribution in [0.3, 0.4) is 0 Å². The molecule has 1 fully saturated rings. The second kappa shape index (κ2) is 7.95. The van der Waals surface area contributed by atoms with Crippen molar-refractivity contribution >= 4 is 5.91 Å². The molecule has 2 aromatic carbocycles. The van der Waals surface area contributed by atoms with Crippen molar-refractivity contribution in [2.75, 3.05) is 20.8 Å². The number of methoxy groups -OCH3 is 2. The van der Waals surface area contributed by atoms with Crippen LogP contribution in [0, 0.1) is 6.92 Å². The van der Waals surface area contributed by atoms with Crippen molar-refractivity contribution < 1.29 is 18.8 Å². The first-order chi connectivity index (χ1) is 14.1. The van der Waals surface area contributed by atoms with Crippen molar-refractivity contribution in [3.8, 4) is 22.9 Å². The largest absolute Gasteiger partial charge is 0.493 e. The van der Waals surface area contributed by atoms with Crippen molar-refractivity contribution in [2.24, 2.45) is 0 Å². The third-order valence-corrected chi connectivity index (χ3v) is 5.10. The maximum atomic E-state index is 12.5. The minimum atomic E-state index is -0.103. The van der Waals surface area contributed by atoms with E-state index >= 15 is 0 Å². The van der Waals surface area contributed by atoms with Gasteiger partial charge in [0.2, 0.25) is 17.6 Å². The van der Waals surface area contributed by atoms with Gasteiger partial charge in [0, 0.05) is 25.1 Å². The van der Waals surface area contributed by atoms with Gasteiger partial charge in [0.1, 0.15) is 0 Å². The van der Waals surface area contributed by atoms with E-state index in [1.54, 1.807) is 26.4 Å². The van der Waals surface area contributed by atoms with Gasteiger partial charge in [-0.3, -0.25) is 4.79 Å². The molecule has 1 amide bonds. The van der Waals surface area contributed by atoms with Crippen molar-refractivity contribution in [1.82, 2.24) is 15.0 Å². The summed E-state index contributed by atoms with van der Waals surface area (Å²) in [6.45, 7) is 3.21. The standard InChI is InChI=1S/C22H23N3O4/c1-14-5-4-6-15(9-14)12-25-13-17(11-20(25)26)22-23-21(24-29-22)16-7-8-18(27-2)19(10-16)28-3/h4-10,17H,11-13H2,1-3H3. The lowest BCUT2D eigenvalue weighted by atomic mass is 10.1. The second-order valence-electron chi connectivity index (χ2n) is 7.19. The van der Waals surface area contributed by atoms with E-state index in [0.717, 1.165) is 11.1 Å². The lowest BCUT2D eigenvalue weighted by molar-refractivity contribution is -0.128. The number of nitrogens with zero attached hydrogens (tertiary/aromatic N) is 3. The van der Waals surface area contributed by atoms with E-state index in [1.165, 1.54) is 5.56 Å². The highest BCUT2D eigenvalue weighted by Gasteiger charge is 2.34. The number of carbonyl (C=O) groups is 1. The molecule has 29 heavy (non-hydrogen) atoms. The summed E-state index contributed by atoms with van der Waals surface area (Å²) in [4.78, 5) is 18.9. The Bertz CT molecular complexity index is 1030. The number of aromatic nitrogens is 2. The van der Waals surface area contributed by atoms with E-state index in [-0.39, 0.29) is 11.8 Å². The summed E-state index contributed by atoms with van der Waals surface area (Å²) in [6.07, 6.45) is 0.374. The number of likely N-dealkylation sites (tertiary alicyclic amines) is 1. The topological polar surface area (TPSA) is 77.7 Å². The molecule has 1 unspecified atom stereocenters. The maximum absolute atomic E-state index is 12.5. The normalized spacial score (nSPS) is 16.3. The number of rotatable bonds is 6. The van der Waals surface area contributed by atoms with Gasteiger partial charge in [-0.25, -0.2) is 0 Å². The molecular formula is C22H23N3O4. The average molecular weight is 393 g/mol. The van der Waals surface area contributed by atoms with E-state index in [4.69, 9.17) is 14.0 Å². The van der Waals surface area contributed by atoms with Gasteiger partial charge in [-0.2, -0.15) is 4.98 Å². The fourth-order valence-corrected chi connectivity index (χ4v) is 3.61. The lowest BCUT2D eigenvalue weighted by Crippen LogP contribution is -2.24. The molecule has 4 rings (SSSR count). The van der Waals surface area contributed by atoms with Crippen LogP contribution in [0.25, 0.3) is 11.4 Å². The highest BCUT2D eigenvalue weighted by Crippen LogP contribution is 2.33. The van der Waals surface area contributed by atoms with E-state index in [0.29, 0.717) is 42.7 Å². The van der Waals surface area contributed by atoms with Crippen LogP contribution in [0.2, 0.25) is 0 Å². The number of hydrogen-bond acceptors (Lipinski definition) is 6. The lowest BCUT2D eigenvalue weighted by Gasteiger charge is -2.16. The van der Waals surface area contributed by atoms with Crippen LogP contribution in [0.4, 0.5) is 0 Å². The fraction of sp³-hybridized carbons (Fsp3) is 0.318. The Kier molecular flexibility index (Phi) is 5.20. The van der Waals surface area contributed by atoms with Crippen molar-refractivity contribution in [2.45, 2.75) is 25.8 Å². The quantitative estimate of drug-likeness (QED) is 0.637. The van der Waals surface area contributed by atoms with E-state index in [9.17, 15) is 4.79 Å². The summed E-state index contributed by atoms with van der Waals surface area (Å²) in [5.74, 6) is 2.17. The van der Waals surface area contributed by atoms with E-state index in [2.05, 4.69) is 16.2 Å². The molecule has 2 heterocycles. The summed E-state index contributed by atoms with van der Waals surface area (Å²) >= 11 is 0.